The number of carbonyl (C=O) groups is 1. The van der Waals surface area contributed by atoms with E-state index in [4.69, 9.17) is 23.2 Å². The van der Waals surface area contributed by atoms with Crippen molar-refractivity contribution in [3.8, 4) is 0 Å². The predicted octanol–water partition coefficient (Wildman–Crippen LogP) is 4.67. The van der Waals surface area contributed by atoms with Crippen LogP contribution in [0.25, 0.3) is 0 Å². The van der Waals surface area contributed by atoms with Gasteiger partial charge in [-0.2, -0.15) is 0 Å². The molecule has 1 heterocycles. The molecule has 0 atom stereocenters. The highest BCUT2D eigenvalue weighted by molar-refractivity contribution is 8.00. The molecule has 0 saturated carbocycles. The van der Waals surface area contributed by atoms with Gasteiger partial charge in [0, 0.05) is 23.0 Å². The van der Waals surface area contributed by atoms with Gasteiger partial charge in [0.15, 0.2) is 0 Å². The van der Waals surface area contributed by atoms with Crippen LogP contribution < -0.4 is 0 Å². The number of carbonyl (C=O) groups excluding carboxylic acids is 1. The van der Waals surface area contributed by atoms with Crippen LogP contribution in [0.15, 0.2) is 47.4 Å². The zero-order chi connectivity index (χ0) is 15.5. The number of amides is 1. The maximum atomic E-state index is 12.4. The molecule has 0 bridgehead atoms. The van der Waals surface area contributed by atoms with Crippen molar-refractivity contribution < 1.29 is 4.79 Å². The van der Waals surface area contributed by atoms with Crippen molar-refractivity contribution in [2.24, 2.45) is 0 Å². The molecule has 22 heavy (non-hydrogen) atoms. The predicted molar refractivity (Wildman–Crippen MR) is 92.7 cm³/mol. The summed E-state index contributed by atoms with van der Waals surface area (Å²) in [5.41, 5.74) is 2.59. The van der Waals surface area contributed by atoms with Crippen LogP contribution in [0.3, 0.4) is 0 Å². The third kappa shape index (κ3) is 3.60. The Kier molecular flexibility index (Phi) is 4.97. The molecular weight excluding hydrogens is 337 g/mol. The van der Waals surface area contributed by atoms with Gasteiger partial charge in [-0.3, -0.25) is 4.79 Å². The molecule has 1 aliphatic heterocycles. The summed E-state index contributed by atoms with van der Waals surface area (Å²) in [6, 6.07) is 13.6. The lowest BCUT2D eigenvalue weighted by Crippen LogP contribution is -2.37. The van der Waals surface area contributed by atoms with Gasteiger partial charge in [0.2, 0.25) is 5.91 Å². The van der Waals surface area contributed by atoms with E-state index in [1.165, 1.54) is 22.9 Å². The number of rotatable bonds is 3. The topological polar surface area (TPSA) is 20.3 Å². The second-order valence-electron chi connectivity index (χ2n) is 5.20. The smallest absolute Gasteiger partial charge is 0.233 e. The van der Waals surface area contributed by atoms with Crippen molar-refractivity contribution in [2.75, 3.05) is 12.3 Å². The van der Waals surface area contributed by atoms with E-state index in [-0.39, 0.29) is 5.91 Å². The third-order valence-corrected chi connectivity index (χ3v) is 5.44. The molecule has 0 unspecified atom stereocenters. The fourth-order valence-corrected chi connectivity index (χ4v) is 3.92. The SMILES string of the molecule is O=C(CSc1cc(Cl)ccc1Cl)N1CCc2ccccc2C1. The second kappa shape index (κ2) is 6.95. The molecule has 114 valence electrons. The normalized spacial score (nSPS) is 13.8. The minimum atomic E-state index is 0.135. The average Bonchev–Trinajstić information content (AvgIpc) is 2.55. The van der Waals surface area contributed by atoms with E-state index in [9.17, 15) is 4.79 Å². The van der Waals surface area contributed by atoms with Crippen LogP contribution in [0.1, 0.15) is 11.1 Å². The van der Waals surface area contributed by atoms with Crippen LogP contribution in [0.4, 0.5) is 0 Å². The fraction of sp³-hybridized carbons (Fsp3) is 0.235. The van der Waals surface area contributed by atoms with Gasteiger partial charge in [0.1, 0.15) is 0 Å². The first-order valence-electron chi connectivity index (χ1n) is 7.06. The summed E-state index contributed by atoms with van der Waals surface area (Å²) in [5.74, 6) is 0.512. The lowest BCUT2D eigenvalue weighted by Gasteiger charge is -2.28. The Bertz CT molecular complexity index is 705. The zero-order valence-corrected chi connectivity index (χ0v) is 14.2. The van der Waals surface area contributed by atoms with Crippen molar-refractivity contribution in [1.82, 2.24) is 4.90 Å². The van der Waals surface area contributed by atoms with Crippen LogP contribution in [0, 0.1) is 0 Å². The molecule has 0 radical (unpaired) electrons. The largest absolute Gasteiger partial charge is 0.337 e. The Morgan fingerprint density at radius 2 is 1.91 bits per heavy atom. The first-order valence-corrected chi connectivity index (χ1v) is 8.80. The molecule has 0 N–H and O–H groups in total. The summed E-state index contributed by atoms with van der Waals surface area (Å²) in [6.45, 7) is 1.47. The highest BCUT2D eigenvalue weighted by atomic mass is 35.5. The summed E-state index contributed by atoms with van der Waals surface area (Å²) < 4.78 is 0. The highest BCUT2D eigenvalue weighted by Gasteiger charge is 2.20. The summed E-state index contributed by atoms with van der Waals surface area (Å²) in [5, 5.41) is 1.26. The third-order valence-electron chi connectivity index (χ3n) is 3.73. The van der Waals surface area contributed by atoms with Gasteiger partial charge >= 0.3 is 0 Å². The molecule has 0 saturated heterocycles. The van der Waals surface area contributed by atoms with E-state index in [2.05, 4.69) is 12.1 Å². The Morgan fingerprint density at radius 3 is 2.73 bits per heavy atom. The molecule has 0 aliphatic carbocycles. The number of halogens is 2. The van der Waals surface area contributed by atoms with Gasteiger partial charge in [0.25, 0.3) is 0 Å². The molecule has 3 rings (SSSR count). The van der Waals surface area contributed by atoms with Gasteiger partial charge < -0.3 is 4.90 Å². The van der Waals surface area contributed by atoms with Gasteiger partial charge in [0.05, 0.1) is 10.8 Å². The molecule has 1 amide bonds. The van der Waals surface area contributed by atoms with E-state index >= 15 is 0 Å². The number of fused-ring (bicyclic) bond motifs is 1. The Labute approximate surface area is 144 Å². The first kappa shape index (κ1) is 15.7. The van der Waals surface area contributed by atoms with Crippen LogP contribution in [-0.4, -0.2) is 23.1 Å². The van der Waals surface area contributed by atoms with E-state index < -0.39 is 0 Å². The maximum absolute atomic E-state index is 12.4. The van der Waals surface area contributed by atoms with Crippen molar-refractivity contribution in [1.29, 1.82) is 0 Å². The number of nitrogens with zero attached hydrogens (tertiary/aromatic N) is 1. The van der Waals surface area contributed by atoms with Gasteiger partial charge in [-0.05, 0) is 35.7 Å². The molecule has 2 aromatic rings. The number of thioether (sulfide) groups is 1. The van der Waals surface area contributed by atoms with Crippen molar-refractivity contribution in [3.63, 3.8) is 0 Å². The molecular formula is C17H15Cl2NOS. The number of benzene rings is 2. The average molecular weight is 352 g/mol. The van der Waals surface area contributed by atoms with Crippen LogP contribution in [0.2, 0.25) is 10.0 Å². The minimum absolute atomic E-state index is 0.135. The lowest BCUT2D eigenvalue weighted by atomic mass is 10.00. The summed E-state index contributed by atoms with van der Waals surface area (Å²) in [6.07, 6.45) is 0.921. The zero-order valence-electron chi connectivity index (χ0n) is 11.9. The molecule has 0 spiro atoms. The van der Waals surface area contributed by atoms with E-state index in [1.54, 1.807) is 18.2 Å². The minimum Gasteiger partial charge on any atom is -0.337 e. The Morgan fingerprint density at radius 1 is 1.14 bits per heavy atom. The fourth-order valence-electron chi connectivity index (χ4n) is 2.53. The van der Waals surface area contributed by atoms with Gasteiger partial charge in [-0.1, -0.05) is 47.5 Å². The molecule has 2 nitrogen and oxygen atoms in total. The van der Waals surface area contributed by atoms with Crippen molar-refractivity contribution in [2.45, 2.75) is 17.9 Å². The van der Waals surface area contributed by atoms with Crippen molar-refractivity contribution in [3.05, 3.63) is 63.6 Å². The summed E-state index contributed by atoms with van der Waals surface area (Å²) in [7, 11) is 0. The van der Waals surface area contributed by atoms with E-state index in [0.717, 1.165) is 17.9 Å². The Balaban J connectivity index is 1.62. The van der Waals surface area contributed by atoms with Crippen LogP contribution >= 0.6 is 35.0 Å². The maximum Gasteiger partial charge on any atom is 0.233 e. The van der Waals surface area contributed by atoms with Crippen molar-refractivity contribution >= 4 is 40.9 Å². The Hall–Kier alpha value is -1.16. The highest BCUT2D eigenvalue weighted by Crippen LogP contribution is 2.30. The summed E-state index contributed by atoms with van der Waals surface area (Å²) in [4.78, 5) is 15.2. The molecule has 1 aliphatic rings. The van der Waals surface area contributed by atoms with Gasteiger partial charge in [-0.25, -0.2) is 0 Å². The molecule has 5 heteroatoms. The van der Waals surface area contributed by atoms with E-state index in [1.807, 2.05) is 17.0 Å². The van der Waals surface area contributed by atoms with Crippen LogP contribution in [0.5, 0.6) is 0 Å². The monoisotopic (exact) mass is 351 g/mol. The standard InChI is InChI=1S/C17H15Cl2NOS/c18-14-5-6-15(19)16(9-14)22-11-17(21)20-8-7-12-3-1-2-4-13(12)10-20/h1-6,9H,7-8,10-11H2. The number of hydrogen-bond donors (Lipinski definition) is 0. The summed E-state index contributed by atoms with van der Waals surface area (Å²) >= 11 is 13.5. The van der Waals surface area contributed by atoms with Crippen LogP contribution in [-0.2, 0) is 17.8 Å². The quantitative estimate of drug-likeness (QED) is 0.748. The first-order chi connectivity index (χ1) is 10.6. The molecule has 0 fully saturated rings. The molecule has 0 aromatic heterocycles. The van der Waals surface area contributed by atoms with Gasteiger partial charge in [-0.15, -0.1) is 11.8 Å². The molecule has 2 aromatic carbocycles. The van der Waals surface area contributed by atoms with E-state index in [0.29, 0.717) is 22.3 Å². The number of hydrogen-bond acceptors (Lipinski definition) is 2. The lowest BCUT2D eigenvalue weighted by molar-refractivity contribution is -0.129. The second-order valence-corrected chi connectivity index (χ2v) is 7.06.